The van der Waals surface area contributed by atoms with Gasteiger partial charge in [-0.2, -0.15) is 15.4 Å². The first-order chi connectivity index (χ1) is 12.9. The van der Waals surface area contributed by atoms with Crippen molar-refractivity contribution in [2.75, 3.05) is 11.9 Å². The van der Waals surface area contributed by atoms with Crippen molar-refractivity contribution >= 4 is 33.6 Å². The quantitative estimate of drug-likeness (QED) is 0.575. The summed E-state index contributed by atoms with van der Waals surface area (Å²) in [4.78, 5) is 18.3. The third-order valence-corrected chi connectivity index (χ3v) is 4.79. The number of aromatic nitrogens is 4. The Morgan fingerprint density at radius 2 is 1.78 bits per heavy atom. The first-order valence-corrected chi connectivity index (χ1v) is 8.66. The van der Waals surface area contributed by atoms with Gasteiger partial charge in [-0.3, -0.25) is 0 Å². The summed E-state index contributed by atoms with van der Waals surface area (Å²) in [5.74, 6) is -0.948. The van der Waals surface area contributed by atoms with E-state index in [0.29, 0.717) is 0 Å². The summed E-state index contributed by atoms with van der Waals surface area (Å²) in [6.07, 6.45) is 0. The minimum Gasteiger partial charge on any atom is -0.478 e. The SMILES string of the molecule is CC(C)N(C)c1cc2cc(C(=O)O)ccc2nc1-c1ccc2n[nH]nc2c1. The van der Waals surface area contributed by atoms with Crippen molar-refractivity contribution in [3.05, 3.63) is 48.0 Å². The Kier molecular flexibility index (Phi) is 3.99. The third kappa shape index (κ3) is 2.97. The standard InChI is InChI=1S/C20H19N5O2/c1-11(2)25(3)18-10-14-8-13(20(26)27)5-6-15(14)21-19(18)12-4-7-16-17(9-12)23-24-22-16/h4-11H,1-3H3,(H,26,27)(H,22,23,24). The molecule has 0 amide bonds. The molecule has 7 heteroatoms. The first kappa shape index (κ1) is 17.0. The maximum Gasteiger partial charge on any atom is 0.335 e. The predicted octanol–water partition coefficient (Wildman–Crippen LogP) is 3.72. The highest BCUT2D eigenvalue weighted by molar-refractivity contribution is 5.96. The monoisotopic (exact) mass is 361 g/mol. The number of aromatic carboxylic acids is 1. The van der Waals surface area contributed by atoms with E-state index in [4.69, 9.17) is 4.98 Å². The molecule has 0 aliphatic heterocycles. The average molecular weight is 361 g/mol. The van der Waals surface area contributed by atoms with Crippen LogP contribution in [0.15, 0.2) is 42.5 Å². The van der Waals surface area contributed by atoms with Crippen molar-refractivity contribution in [2.45, 2.75) is 19.9 Å². The first-order valence-electron chi connectivity index (χ1n) is 8.66. The molecule has 0 spiro atoms. The van der Waals surface area contributed by atoms with E-state index in [0.717, 1.165) is 38.9 Å². The van der Waals surface area contributed by atoms with E-state index < -0.39 is 5.97 Å². The number of benzene rings is 2. The predicted molar refractivity (Wildman–Crippen MR) is 105 cm³/mol. The molecule has 0 saturated carbocycles. The van der Waals surface area contributed by atoms with E-state index in [-0.39, 0.29) is 11.6 Å². The number of rotatable bonds is 4. The second kappa shape index (κ2) is 6.35. The minimum atomic E-state index is -0.948. The highest BCUT2D eigenvalue weighted by Crippen LogP contribution is 2.34. The van der Waals surface area contributed by atoms with Crippen LogP contribution in [-0.2, 0) is 0 Å². The fourth-order valence-corrected chi connectivity index (χ4v) is 3.05. The van der Waals surface area contributed by atoms with E-state index in [1.807, 2.05) is 31.3 Å². The summed E-state index contributed by atoms with van der Waals surface area (Å²) in [5, 5.41) is 21.0. The van der Waals surface area contributed by atoms with Crippen LogP contribution in [0.3, 0.4) is 0 Å². The van der Waals surface area contributed by atoms with Crippen molar-refractivity contribution in [3.8, 4) is 11.3 Å². The Balaban J connectivity index is 1.97. The second-order valence-electron chi connectivity index (χ2n) is 6.80. The van der Waals surface area contributed by atoms with Gasteiger partial charge in [0.25, 0.3) is 0 Å². The van der Waals surface area contributed by atoms with Crippen molar-refractivity contribution < 1.29 is 9.90 Å². The lowest BCUT2D eigenvalue weighted by molar-refractivity contribution is 0.0697. The number of carboxylic acids is 1. The molecule has 0 radical (unpaired) electrons. The minimum absolute atomic E-state index is 0.249. The number of nitrogens with zero attached hydrogens (tertiary/aromatic N) is 4. The van der Waals surface area contributed by atoms with Crippen LogP contribution < -0.4 is 4.90 Å². The van der Waals surface area contributed by atoms with Gasteiger partial charge in [-0.05, 0) is 50.2 Å². The summed E-state index contributed by atoms with van der Waals surface area (Å²) >= 11 is 0. The molecule has 4 aromatic rings. The number of carboxylic acid groups (broad SMARTS) is 1. The van der Waals surface area contributed by atoms with Crippen LogP contribution in [-0.4, -0.2) is 44.6 Å². The Morgan fingerprint density at radius 3 is 2.52 bits per heavy atom. The zero-order valence-electron chi connectivity index (χ0n) is 15.3. The van der Waals surface area contributed by atoms with Crippen LogP contribution in [0.25, 0.3) is 33.2 Å². The molecule has 2 N–H and O–H groups in total. The topological polar surface area (TPSA) is 95.0 Å². The Bertz CT molecular complexity index is 1170. The van der Waals surface area contributed by atoms with Gasteiger partial charge >= 0.3 is 5.97 Å². The van der Waals surface area contributed by atoms with Crippen LogP contribution >= 0.6 is 0 Å². The van der Waals surface area contributed by atoms with E-state index in [1.165, 1.54) is 0 Å². The van der Waals surface area contributed by atoms with Crippen molar-refractivity contribution in [3.63, 3.8) is 0 Å². The largest absolute Gasteiger partial charge is 0.478 e. The maximum atomic E-state index is 11.3. The lowest BCUT2D eigenvalue weighted by atomic mass is 10.0. The van der Waals surface area contributed by atoms with Crippen LogP contribution in [0.1, 0.15) is 24.2 Å². The van der Waals surface area contributed by atoms with Gasteiger partial charge in [0.1, 0.15) is 11.0 Å². The van der Waals surface area contributed by atoms with E-state index in [1.54, 1.807) is 18.2 Å². The lowest BCUT2D eigenvalue weighted by Gasteiger charge is -2.26. The lowest BCUT2D eigenvalue weighted by Crippen LogP contribution is -2.26. The van der Waals surface area contributed by atoms with Gasteiger partial charge in [-0.25, -0.2) is 9.78 Å². The van der Waals surface area contributed by atoms with Gasteiger partial charge in [-0.1, -0.05) is 6.07 Å². The molecule has 0 fully saturated rings. The molecular weight excluding hydrogens is 342 g/mol. The molecular formula is C20H19N5O2. The number of pyridine rings is 1. The number of nitrogens with one attached hydrogen (secondary N) is 1. The normalized spacial score (nSPS) is 11.4. The summed E-state index contributed by atoms with van der Waals surface area (Å²) in [6.45, 7) is 4.20. The molecule has 0 bridgehead atoms. The number of carbonyl (C=O) groups is 1. The Labute approximate surface area is 155 Å². The molecule has 7 nitrogen and oxygen atoms in total. The van der Waals surface area contributed by atoms with Gasteiger partial charge in [0, 0.05) is 24.0 Å². The highest BCUT2D eigenvalue weighted by Gasteiger charge is 2.17. The summed E-state index contributed by atoms with van der Waals surface area (Å²) in [5.41, 5.74) is 5.26. The Morgan fingerprint density at radius 1 is 1.04 bits per heavy atom. The Hall–Kier alpha value is -3.48. The third-order valence-electron chi connectivity index (χ3n) is 4.79. The maximum absolute atomic E-state index is 11.3. The fourth-order valence-electron chi connectivity index (χ4n) is 3.05. The smallest absolute Gasteiger partial charge is 0.335 e. The zero-order valence-corrected chi connectivity index (χ0v) is 15.3. The number of aromatic amines is 1. The summed E-state index contributed by atoms with van der Waals surface area (Å²) in [7, 11) is 2.01. The van der Waals surface area contributed by atoms with E-state index in [9.17, 15) is 9.90 Å². The molecule has 2 aromatic heterocycles. The van der Waals surface area contributed by atoms with Crippen LogP contribution in [0.2, 0.25) is 0 Å². The number of fused-ring (bicyclic) bond motifs is 2. The van der Waals surface area contributed by atoms with Crippen LogP contribution in [0.4, 0.5) is 5.69 Å². The molecule has 0 saturated heterocycles. The van der Waals surface area contributed by atoms with Gasteiger partial charge < -0.3 is 10.0 Å². The van der Waals surface area contributed by atoms with Crippen molar-refractivity contribution in [2.24, 2.45) is 0 Å². The van der Waals surface area contributed by atoms with E-state index in [2.05, 4.69) is 34.2 Å². The average Bonchev–Trinajstić information content (AvgIpc) is 3.13. The number of anilines is 1. The number of H-pyrrole nitrogens is 1. The second-order valence-corrected chi connectivity index (χ2v) is 6.80. The van der Waals surface area contributed by atoms with Crippen LogP contribution in [0, 0.1) is 0 Å². The summed E-state index contributed by atoms with van der Waals surface area (Å²) < 4.78 is 0. The number of hydrogen-bond donors (Lipinski definition) is 2. The van der Waals surface area contributed by atoms with Gasteiger partial charge in [0.15, 0.2) is 0 Å². The molecule has 0 aliphatic carbocycles. The molecule has 0 atom stereocenters. The molecule has 2 heterocycles. The van der Waals surface area contributed by atoms with Gasteiger partial charge in [0.2, 0.25) is 0 Å². The van der Waals surface area contributed by atoms with E-state index >= 15 is 0 Å². The van der Waals surface area contributed by atoms with Gasteiger partial charge in [0.05, 0.1) is 22.5 Å². The molecule has 136 valence electrons. The zero-order chi connectivity index (χ0) is 19.1. The van der Waals surface area contributed by atoms with Crippen LogP contribution in [0.5, 0.6) is 0 Å². The number of hydrogen-bond acceptors (Lipinski definition) is 5. The molecule has 4 rings (SSSR count). The van der Waals surface area contributed by atoms with Gasteiger partial charge in [-0.15, -0.1) is 0 Å². The van der Waals surface area contributed by atoms with Crippen molar-refractivity contribution in [1.29, 1.82) is 0 Å². The molecule has 2 aromatic carbocycles. The summed E-state index contributed by atoms with van der Waals surface area (Å²) in [6, 6.07) is 13.1. The molecule has 0 aliphatic rings. The molecule has 0 unspecified atom stereocenters. The van der Waals surface area contributed by atoms with Crippen molar-refractivity contribution in [1.82, 2.24) is 20.4 Å². The molecule has 27 heavy (non-hydrogen) atoms. The fraction of sp³-hybridized carbons (Fsp3) is 0.200. The highest BCUT2D eigenvalue weighted by atomic mass is 16.4.